The molecule has 1 aliphatic heterocycles. The van der Waals surface area contributed by atoms with Crippen LogP contribution in [0.4, 0.5) is 5.69 Å². The largest absolute Gasteiger partial charge is 0.498 e. The maximum atomic E-state index is 10.3. The number of hydrogen-bond donors (Lipinski definition) is 2. The van der Waals surface area contributed by atoms with Crippen LogP contribution in [0.1, 0.15) is 16.3 Å². The average Bonchev–Trinajstić information content (AvgIpc) is 2.86. The van der Waals surface area contributed by atoms with E-state index in [-0.39, 0.29) is 5.06 Å². The van der Waals surface area contributed by atoms with Gasteiger partial charge in [-0.2, -0.15) is 0 Å². The zero-order valence-corrected chi connectivity index (χ0v) is 16.1. The summed E-state index contributed by atoms with van der Waals surface area (Å²) >= 11 is 7.29. The lowest BCUT2D eigenvalue weighted by atomic mass is 10.1. The van der Waals surface area contributed by atoms with Gasteiger partial charge in [0.2, 0.25) is 0 Å². The third kappa shape index (κ3) is 4.64. The van der Waals surface area contributed by atoms with Crippen molar-refractivity contribution < 1.29 is 10.2 Å². The Balaban J connectivity index is 1.50. The summed E-state index contributed by atoms with van der Waals surface area (Å²) in [6, 6.07) is 6.02. The fourth-order valence-corrected chi connectivity index (χ4v) is 4.34. The lowest BCUT2D eigenvalue weighted by Gasteiger charge is -2.37. The van der Waals surface area contributed by atoms with Gasteiger partial charge in [-0.05, 0) is 37.6 Å². The van der Waals surface area contributed by atoms with Gasteiger partial charge in [0.15, 0.2) is 5.06 Å². The van der Waals surface area contributed by atoms with E-state index in [0.717, 1.165) is 36.2 Å². The van der Waals surface area contributed by atoms with Crippen molar-refractivity contribution in [2.45, 2.75) is 26.4 Å². The molecule has 2 aromatic rings. The molecule has 3 rings (SSSR count). The van der Waals surface area contributed by atoms with Crippen LogP contribution in [0.5, 0.6) is 5.06 Å². The summed E-state index contributed by atoms with van der Waals surface area (Å²) in [6.07, 6.45) is 0.0246. The Kier molecular flexibility index (Phi) is 5.84. The highest BCUT2D eigenvalue weighted by molar-refractivity contribution is 7.13. The number of β-amino-alcohol motifs (C(OH)–C–C–N with tert-alkyl or cyclic N) is 1. The number of hydrogen-bond acceptors (Lipinski definition) is 6. The standard InChI is InChI=1S/C18H24ClN3O2S/c1-12-9-14(19)3-4-16(12)22-7-5-21(6-8-22)11-15(23)10-17-20-13(2)18(24)25-17/h3-4,9,15,23-24H,5-8,10-11H2,1-2H3. The number of thiazole rings is 1. The number of aromatic nitrogens is 1. The van der Waals surface area contributed by atoms with E-state index in [9.17, 15) is 10.2 Å². The molecular formula is C18H24ClN3O2S. The molecule has 0 bridgehead atoms. The number of aromatic hydroxyl groups is 1. The van der Waals surface area contributed by atoms with Gasteiger partial charge >= 0.3 is 0 Å². The van der Waals surface area contributed by atoms with Gasteiger partial charge in [0, 0.05) is 49.9 Å². The molecule has 1 fully saturated rings. The van der Waals surface area contributed by atoms with Crippen molar-refractivity contribution in [3.8, 4) is 5.06 Å². The van der Waals surface area contributed by atoms with Gasteiger partial charge in [-0.25, -0.2) is 4.98 Å². The van der Waals surface area contributed by atoms with E-state index < -0.39 is 6.10 Å². The highest BCUT2D eigenvalue weighted by Gasteiger charge is 2.21. The molecule has 1 unspecified atom stereocenters. The number of benzene rings is 1. The molecular weight excluding hydrogens is 358 g/mol. The van der Waals surface area contributed by atoms with Crippen LogP contribution >= 0.6 is 22.9 Å². The van der Waals surface area contributed by atoms with Crippen LogP contribution in [0.15, 0.2) is 18.2 Å². The first-order valence-electron chi connectivity index (χ1n) is 8.49. The van der Waals surface area contributed by atoms with Crippen molar-refractivity contribution in [3.63, 3.8) is 0 Å². The quantitative estimate of drug-likeness (QED) is 0.834. The predicted octanol–water partition coefficient (Wildman–Crippen LogP) is 2.84. The Morgan fingerprint density at radius 2 is 1.96 bits per heavy atom. The molecule has 0 radical (unpaired) electrons. The third-order valence-electron chi connectivity index (χ3n) is 4.57. The summed E-state index contributed by atoms with van der Waals surface area (Å²) in [6.45, 7) is 8.20. The lowest BCUT2D eigenvalue weighted by Crippen LogP contribution is -2.49. The Morgan fingerprint density at radius 1 is 1.24 bits per heavy atom. The zero-order valence-electron chi connectivity index (χ0n) is 14.6. The first kappa shape index (κ1) is 18.5. The van der Waals surface area contributed by atoms with Crippen LogP contribution in [0.25, 0.3) is 0 Å². The van der Waals surface area contributed by atoms with Crippen molar-refractivity contribution in [1.82, 2.24) is 9.88 Å². The maximum Gasteiger partial charge on any atom is 0.194 e. The molecule has 0 spiro atoms. The second-order valence-corrected chi connectivity index (χ2v) is 8.07. The molecule has 2 heterocycles. The molecule has 5 nitrogen and oxygen atoms in total. The van der Waals surface area contributed by atoms with Gasteiger partial charge in [-0.15, -0.1) is 0 Å². The van der Waals surface area contributed by atoms with Gasteiger partial charge in [0.25, 0.3) is 0 Å². The molecule has 1 aromatic heterocycles. The number of aliphatic hydroxyl groups excluding tert-OH is 1. The first-order chi connectivity index (χ1) is 11.9. The van der Waals surface area contributed by atoms with Gasteiger partial charge in [-0.3, -0.25) is 4.90 Å². The summed E-state index contributed by atoms with van der Waals surface area (Å²) in [4.78, 5) is 8.94. The minimum atomic E-state index is -0.464. The molecule has 0 aliphatic carbocycles. The normalized spacial score (nSPS) is 17.0. The smallest absolute Gasteiger partial charge is 0.194 e. The van der Waals surface area contributed by atoms with E-state index in [0.29, 0.717) is 18.7 Å². The van der Waals surface area contributed by atoms with Crippen molar-refractivity contribution in [3.05, 3.63) is 39.5 Å². The fourth-order valence-electron chi connectivity index (χ4n) is 3.24. The molecule has 1 aromatic carbocycles. The number of piperazine rings is 1. The minimum Gasteiger partial charge on any atom is -0.498 e. The van der Waals surface area contributed by atoms with Crippen LogP contribution in [-0.2, 0) is 6.42 Å². The van der Waals surface area contributed by atoms with E-state index >= 15 is 0 Å². The fraction of sp³-hybridized carbons (Fsp3) is 0.500. The molecule has 25 heavy (non-hydrogen) atoms. The molecule has 7 heteroatoms. The number of rotatable bonds is 5. The van der Waals surface area contributed by atoms with Gasteiger partial charge < -0.3 is 15.1 Å². The summed E-state index contributed by atoms with van der Waals surface area (Å²) < 4.78 is 0. The first-order valence-corrected chi connectivity index (χ1v) is 9.68. The molecule has 1 saturated heterocycles. The Morgan fingerprint density at radius 3 is 2.56 bits per heavy atom. The number of anilines is 1. The van der Waals surface area contributed by atoms with Crippen LogP contribution in [-0.4, -0.2) is 58.9 Å². The van der Waals surface area contributed by atoms with Gasteiger partial charge in [-0.1, -0.05) is 22.9 Å². The minimum absolute atomic E-state index is 0.245. The van der Waals surface area contributed by atoms with E-state index in [4.69, 9.17) is 11.6 Å². The molecule has 0 amide bonds. The second-order valence-electron chi connectivity index (χ2n) is 6.57. The molecule has 1 aliphatic rings. The number of aryl methyl sites for hydroxylation is 2. The maximum absolute atomic E-state index is 10.3. The SMILES string of the molecule is Cc1cc(Cl)ccc1N1CCN(CC(O)Cc2nc(C)c(O)s2)CC1. The van der Waals surface area contributed by atoms with Crippen LogP contribution in [0, 0.1) is 13.8 Å². The van der Waals surface area contributed by atoms with Crippen molar-refractivity contribution >= 4 is 28.6 Å². The van der Waals surface area contributed by atoms with Crippen molar-refractivity contribution in [2.24, 2.45) is 0 Å². The number of halogens is 1. The van der Waals surface area contributed by atoms with E-state index in [1.807, 2.05) is 12.1 Å². The van der Waals surface area contributed by atoms with E-state index in [1.54, 1.807) is 6.92 Å². The average molecular weight is 382 g/mol. The monoisotopic (exact) mass is 381 g/mol. The number of nitrogens with zero attached hydrogens (tertiary/aromatic N) is 3. The summed E-state index contributed by atoms with van der Waals surface area (Å²) in [5.41, 5.74) is 3.07. The van der Waals surface area contributed by atoms with Crippen LogP contribution in [0.3, 0.4) is 0 Å². The molecule has 2 N–H and O–H groups in total. The van der Waals surface area contributed by atoms with Gasteiger partial charge in [0.1, 0.15) is 0 Å². The predicted molar refractivity (Wildman–Crippen MR) is 103 cm³/mol. The molecule has 0 saturated carbocycles. The third-order valence-corrected chi connectivity index (χ3v) is 5.78. The van der Waals surface area contributed by atoms with Crippen LogP contribution < -0.4 is 4.90 Å². The van der Waals surface area contributed by atoms with Crippen LogP contribution in [0.2, 0.25) is 5.02 Å². The Bertz CT molecular complexity index is 710. The second kappa shape index (κ2) is 7.91. The van der Waals surface area contributed by atoms with Crippen molar-refractivity contribution in [1.29, 1.82) is 0 Å². The highest BCUT2D eigenvalue weighted by atomic mass is 35.5. The van der Waals surface area contributed by atoms with E-state index in [2.05, 4.69) is 27.8 Å². The number of aliphatic hydroxyl groups is 1. The Hall–Kier alpha value is -1.34. The lowest BCUT2D eigenvalue weighted by molar-refractivity contribution is 0.109. The summed E-state index contributed by atoms with van der Waals surface area (Å²) in [5.74, 6) is 0. The van der Waals surface area contributed by atoms with Crippen molar-refractivity contribution in [2.75, 3.05) is 37.6 Å². The summed E-state index contributed by atoms with van der Waals surface area (Å²) in [5, 5.41) is 21.7. The topological polar surface area (TPSA) is 59.8 Å². The highest BCUT2D eigenvalue weighted by Crippen LogP contribution is 2.26. The van der Waals surface area contributed by atoms with Gasteiger partial charge in [0.05, 0.1) is 16.8 Å². The zero-order chi connectivity index (χ0) is 18.0. The molecule has 1 atom stereocenters. The van der Waals surface area contributed by atoms with E-state index in [1.165, 1.54) is 22.6 Å². The Labute approximate surface area is 157 Å². The summed E-state index contributed by atoms with van der Waals surface area (Å²) in [7, 11) is 0. The molecule has 136 valence electrons.